The van der Waals surface area contributed by atoms with Crippen LogP contribution in [0.3, 0.4) is 0 Å². The van der Waals surface area contributed by atoms with Gasteiger partial charge >= 0.3 is 0 Å². The smallest absolute Gasteiger partial charge is 0.251 e. The van der Waals surface area contributed by atoms with E-state index in [-0.39, 0.29) is 23.8 Å². The van der Waals surface area contributed by atoms with Gasteiger partial charge in [0.1, 0.15) is 5.78 Å². The number of amides is 1. The third-order valence-electron chi connectivity index (χ3n) is 4.39. The van der Waals surface area contributed by atoms with Crippen molar-refractivity contribution in [1.29, 1.82) is 0 Å². The number of hydrogen-bond donors (Lipinski definition) is 2. The zero-order valence-corrected chi connectivity index (χ0v) is 11.5. The van der Waals surface area contributed by atoms with Crippen LogP contribution in [0.15, 0.2) is 18.2 Å². The molecule has 2 aliphatic carbocycles. The summed E-state index contributed by atoms with van der Waals surface area (Å²) in [7, 11) is 0. The van der Waals surface area contributed by atoms with Crippen LogP contribution >= 0.6 is 0 Å². The largest absolute Gasteiger partial charge is 0.349 e. The minimum atomic E-state index is -0.0444. The molecule has 4 heteroatoms. The fraction of sp³-hybridized carbons (Fsp3) is 0.500. The maximum Gasteiger partial charge on any atom is 0.251 e. The number of fused-ring (bicyclic) bond motifs is 1. The zero-order valence-electron chi connectivity index (χ0n) is 11.5. The molecule has 0 saturated heterocycles. The van der Waals surface area contributed by atoms with Crippen LogP contribution in [0.1, 0.15) is 47.2 Å². The van der Waals surface area contributed by atoms with Crippen LogP contribution in [-0.2, 0) is 17.6 Å². The Kier molecular flexibility index (Phi) is 3.57. The Labute approximate surface area is 118 Å². The number of Topliss-reactive ketones (excluding diaryl/α,β-unsaturated/α-hetero) is 1. The van der Waals surface area contributed by atoms with Crippen LogP contribution in [0.2, 0.25) is 0 Å². The molecule has 0 bridgehead atoms. The van der Waals surface area contributed by atoms with Gasteiger partial charge in [-0.15, -0.1) is 0 Å². The summed E-state index contributed by atoms with van der Waals surface area (Å²) < 4.78 is 0. The molecule has 1 fully saturated rings. The van der Waals surface area contributed by atoms with Gasteiger partial charge in [-0.3, -0.25) is 9.59 Å². The SMILES string of the molecule is NC1CCC(NC(=O)c2cccc3c2CC(=O)C3)CC1. The van der Waals surface area contributed by atoms with Crippen molar-refractivity contribution in [3.63, 3.8) is 0 Å². The second-order valence-electron chi connectivity index (χ2n) is 5.92. The molecule has 0 heterocycles. The lowest BCUT2D eigenvalue weighted by molar-refractivity contribution is -0.117. The monoisotopic (exact) mass is 272 g/mol. The predicted octanol–water partition coefficient (Wildman–Crippen LogP) is 1.35. The molecule has 0 aromatic heterocycles. The second kappa shape index (κ2) is 5.37. The number of benzene rings is 1. The first-order chi connectivity index (χ1) is 9.63. The van der Waals surface area contributed by atoms with Gasteiger partial charge in [0.25, 0.3) is 5.91 Å². The highest BCUT2D eigenvalue weighted by Gasteiger charge is 2.26. The van der Waals surface area contributed by atoms with Crippen LogP contribution < -0.4 is 11.1 Å². The minimum Gasteiger partial charge on any atom is -0.349 e. The summed E-state index contributed by atoms with van der Waals surface area (Å²) >= 11 is 0. The number of nitrogens with one attached hydrogen (secondary N) is 1. The highest BCUT2D eigenvalue weighted by molar-refractivity contribution is 6.00. The average molecular weight is 272 g/mol. The molecule has 0 spiro atoms. The number of nitrogens with two attached hydrogens (primary N) is 1. The van der Waals surface area contributed by atoms with E-state index in [4.69, 9.17) is 5.73 Å². The molecule has 3 rings (SSSR count). The molecule has 20 heavy (non-hydrogen) atoms. The molecule has 4 nitrogen and oxygen atoms in total. The normalized spacial score (nSPS) is 25.4. The fourth-order valence-corrected chi connectivity index (χ4v) is 3.22. The topological polar surface area (TPSA) is 72.2 Å². The highest BCUT2D eigenvalue weighted by Crippen LogP contribution is 2.24. The van der Waals surface area contributed by atoms with Crippen molar-refractivity contribution >= 4 is 11.7 Å². The lowest BCUT2D eigenvalue weighted by atomic mass is 9.91. The molecule has 1 aromatic carbocycles. The predicted molar refractivity (Wildman–Crippen MR) is 76.6 cm³/mol. The van der Waals surface area contributed by atoms with Gasteiger partial charge in [-0.05, 0) is 42.9 Å². The Bertz CT molecular complexity index is 545. The summed E-state index contributed by atoms with van der Waals surface area (Å²) in [5.41, 5.74) is 8.47. The molecule has 3 N–H and O–H groups in total. The summed E-state index contributed by atoms with van der Waals surface area (Å²) in [6.45, 7) is 0. The number of hydrogen-bond acceptors (Lipinski definition) is 3. The molecular formula is C16H20N2O2. The van der Waals surface area contributed by atoms with E-state index < -0.39 is 0 Å². The lowest BCUT2D eigenvalue weighted by Crippen LogP contribution is -2.40. The van der Waals surface area contributed by atoms with Gasteiger partial charge in [-0.25, -0.2) is 0 Å². The van der Waals surface area contributed by atoms with Crippen LogP contribution in [0.5, 0.6) is 0 Å². The standard InChI is InChI=1S/C16H20N2O2/c17-11-4-6-12(7-5-11)18-16(20)14-3-1-2-10-8-13(19)9-15(10)14/h1-3,11-12H,4-9,17H2,(H,18,20). The lowest BCUT2D eigenvalue weighted by Gasteiger charge is -2.27. The first-order valence-electron chi connectivity index (χ1n) is 7.32. The van der Waals surface area contributed by atoms with Crippen molar-refractivity contribution in [2.45, 2.75) is 50.6 Å². The van der Waals surface area contributed by atoms with Crippen molar-refractivity contribution in [3.8, 4) is 0 Å². The molecule has 1 amide bonds. The van der Waals surface area contributed by atoms with Gasteiger partial charge < -0.3 is 11.1 Å². The molecule has 0 atom stereocenters. The molecule has 106 valence electrons. The summed E-state index contributed by atoms with van der Waals surface area (Å²) in [4.78, 5) is 24.0. The van der Waals surface area contributed by atoms with Crippen molar-refractivity contribution < 1.29 is 9.59 Å². The van der Waals surface area contributed by atoms with Gasteiger partial charge in [-0.2, -0.15) is 0 Å². The second-order valence-corrected chi connectivity index (χ2v) is 5.92. The molecule has 0 radical (unpaired) electrons. The number of carbonyl (C=O) groups is 2. The molecular weight excluding hydrogens is 252 g/mol. The van der Waals surface area contributed by atoms with Crippen LogP contribution in [-0.4, -0.2) is 23.8 Å². The van der Waals surface area contributed by atoms with E-state index in [0.717, 1.165) is 36.8 Å². The van der Waals surface area contributed by atoms with Crippen molar-refractivity contribution in [2.24, 2.45) is 5.73 Å². The first-order valence-corrected chi connectivity index (χ1v) is 7.32. The van der Waals surface area contributed by atoms with Crippen molar-refractivity contribution in [3.05, 3.63) is 34.9 Å². The fourth-order valence-electron chi connectivity index (χ4n) is 3.22. The van der Waals surface area contributed by atoms with Crippen LogP contribution in [0, 0.1) is 0 Å². The Morgan fingerprint density at radius 2 is 1.90 bits per heavy atom. The molecule has 2 aliphatic rings. The number of rotatable bonds is 2. The van der Waals surface area contributed by atoms with Gasteiger partial charge in [0.2, 0.25) is 0 Å². The minimum absolute atomic E-state index is 0.0444. The van der Waals surface area contributed by atoms with Crippen LogP contribution in [0.4, 0.5) is 0 Å². The van der Waals surface area contributed by atoms with Crippen molar-refractivity contribution in [2.75, 3.05) is 0 Å². The molecule has 0 aliphatic heterocycles. The maximum atomic E-state index is 12.4. The zero-order chi connectivity index (χ0) is 14.1. The third-order valence-corrected chi connectivity index (χ3v) is 4.39. The first kappa shape index (κ1) is 13.3. The van der Waals surface area contributed by atoms with E-state index in [1.807, 2.05) is 18.2 Å². The van der Waals surface area contributed by atoms with E-state index in [0.29, 0.717) is 18.4 Å². The quantitative estimate of drug-likeness (QED) is 0.853. The van der Waals surface area contributed by atoms with E-state index in [2.05, 4.69) is 5.32 Å². The highest BCUT2D eigenvalue weighted by atomic mass is 16.1. The van der Waals surface area contributed by atoms with E-state index in [1.165, 1.54) is 0 Å². The number of ketones is 1. The van der Waals surface area contributed by atoms with E-state index in [9.17, 15) is 9.59 Å². The van der Waals surface area contributed by atoms with Gasteiger partial charge in [-0.1, -0.05) is 12.1 Å². The maximum absolute atomic E-state index is 12.4. The molecule has 0 unspecified atom stereocenters. The Morgan fingerprint density at radius 1 is 1.15 bits per heavy atom. The molecule has 1 aromatic rings. The van der Waals surface area contributed by atoms with Crippen LogP contribution in [0.25, 0.3) is 0 Å². The van der Waals surface area contributed by atoms with Gasteiger partial charge in [0, 0.05) is 30.5 Å². The van der Waals surface area contributed by atoms with Gasteiger partial charge in [0.05, 0.1) is 0 Å². The summed E-state index contributed by atoms with van der Waals surface area (Å²) in [5, 5.41) is 3.09. The van der Waals surface area contributed by atoms with Gasteiger partial charge in [0.15, 0.2) is 0 Å². The number of carbonyl (C=O) groups excluding carboxylic acids is 2. The summed E-state index contributed by atoms with van der Waals surface area (Å²) in [6, 6.07) is 6.12. The summed E-state index contributed by atoms with van der Waals surface area (Å²) in [5.74, 6) is 0.154. The Balaban J connectivity index is 1.72. The Hall–Kier alpha value is -1.68. The van der Waals surface area contributed by atoms with E-state index >= 15 is 0 Å². The molecule has 1 saturated carbocycles. The van der Waals surface area contributed by atoms with Crippen molar-refractivity contribution in [1.82, 2.24) is 5.32 Å². The summed E-state index contributed by atoms with van der Waals surface area (Å²) in [6.07, 6.45) is 4.69. The Morgan fingerprint density at radius 3 is 2.65 bits per heavy atom. The average Bonchev–Trinajstić information content (AvgIpc) is 2.81. The third kappa shape index (κ3) is 2.61. The van der Waals surface area contributed by atoms with E-state index in [1.54, 1.807) is 0 Å².